The summed E-state index contributed by atoms with van der Waals surface area (Å²) in [6.45, 7) is 3.57. The van der Waals surface area contributed by atoms with Gasteiger partial charge in [0.2, 0.25) is 10.0 Å². The lowest BCUT2D eigenvalue weighted by Gasteiger charge is -2.05. The van der Waals surface area contributed by atoms with Gasteiger partial charge in [0.05, 0.1) is 11.8 Å². The van der Waals surface area contributed by atoms with E-state index < -0.39 is 10.0 Å². The van der Waals surface area contributed by atoms with Crippen molar-refractivity contribution in [2.24, 2.45) is 0 Å². The zero-order valence-electron chi connectivity index (χ0n) is 12.8. The molecule has 6 nitrogen and oxygen atoms in total. The molecule has 2 aromatic rings. The number of carbonyl (C=O) groups is 1. The van der Waals surface area contributed by atoms with Gasteiger partial charge in [-0.15, -0.1) is 0 Å². The lowest BCUT2D eigenvalue weighted by atomic mass is 10.1. The van der Waals surface area contributed by atoms with Crippen molar-refractivity contribution >= 4 is 26.8 Å². The van der Waals surface area contributed by atoms with Gasteiger partial charge in [0.15, 0.2) is 0 Å². The Labute approximate surface area is 130 Å². The van der Waals surface area contributed by atoms with Crippen LogP contribution >= 0.6 is 0 Å². The van der Waals surface area contributed by atoms with Gasteiger partial charge in [0.1, 0.15) is 0 Å². The Morgan fingerprint density at radius 2 is 1.95 bits per heavy atom. The highest BCUT2D eigenvalue weighted by atomic mass is 32.2. The Kier molecular flexibility index (Phi) is 5.20. The van der Waals surface area contributed by atoms with E-state index in [0.717, 1.165) is 23.7 Å². The number of rotatable bonds is 7. The first-order chi connectivity index (χ1) is 10.4. The summed E-state index contributed by atoms with van der Waals surface area (Å²) in [5, 5.41) is 3.75. The largest absolute Gasteiger partial charge is 0.352 e. The molecule has 1 amide bonds. The highest BCUT2D eigenvalue weighted by molar-refractivity contribution is 7.88. The zero-order valence-corrected chi connectivity index (χ0v) is 13.6. The Morgan fingerprint density at radius 1 is 1.23 bits per heavy atom. The maximum absolute atomic E-state index is 12.3. The average Bonchev–Trinajstić information content (AvgIpc) is 2.84. The summed E-state index contributed by atoms with van der Waals surface area (Å²) >= 11 is 0. The molecule has 7 heteroatoms. The van der Waals surface area contributed by atoms with Crippen LogP contribution < -0.4 is 10.0 Å². The maximum atomic E-state index is 12.3. The molecule has 0 aliphatic rings. The van der Waals surface area contributed by atoms with Crippen LogP contribution in [-0.2, 0) is 16.6 Å². The minimum atomic E-state index is -3.17. The molecule has 1 aromatic heterocycles. The number of nitrogens with one attached hydrogen (secondary N) is 2. The normalized spacial score (nSPS) is 11.7. The van der Waals surface area contributed by atoms with E-state index in [2.05, 4.69) is 10.0 Å². The van der Waals surface area contributed by atoms with E-state index >= 15 is 0 Å². The molecule has 2 N–H and O–H groups in total. The van der Waals surface area contributed by atoms with Crippen molar-refractivity contribution in [3.8, 4) is 0 Å². The van der Waals surface area contributed by atoms with Crippen LogP contribution in [0.1, 0.15) is 23.7 Å². The van der Waals surface area contributed by atoms with Gasteiger partial charge in [-0.05, 0) is 19.4 Å². The van der Waals surface area contributed by atoms with Gasteiger partial charge in [-0.1, -0.05) is 18.2 Å². The highest BCUT2D eigenvalue weighted by Crippen LogP contribution is 2.21. The third kappa shape index (κ3) is 4.08. The smallest absolute Gasteiger partial charge is 0.253 e. The van der Waals surface area contributed by atoms with E-state index in [0.29, 0.717) is 25.1 Å². The Hall–Kier alpha value is -1.86. The molecule has 0 unspecified atom stereocenters. The van der Waals surface area contributed by atoms with Crippen molar-refractivity contribution in [2.45, 2.75) is 19.9 Å². The highest BCUT2D eigenvalue weighted by Gasteiger charge is 2.13. The Balaban J connectivity index is 1.99. The molecule has 1 heterocycles. The fourth-order valence-electron chi connectivity index (χ4n) is 2.33. The number of hydrogen-bond acceptors (Lipinski definition) is 3. The summed E-state index contributed by atoms with van der Waals surface area (Å²) in [6, 6.07) is 7.79. The number of fused-ring (bicyclic) bond motifs is 1. The van der Waals surface area contributed by atoms with Crippen LogP contribution in [0, 0.1) is 0 Å². The standard InChI is InChI=1S/C15H21N3O3S/c1-3-18-11-13(12-7-4-5-8-14(12)18)15(19)16-9-6-10-17-22(2,20)21/h4-5,7-8,11,17H,3,6,9-10H2,1-2H3,(H,16,19). The summed E-state index contributed by atoms with van der Waals surface area (Å²) in [5.74, 6) is -0.136. The Bertz CT molecular complexity index is 765. The minimum absolute atomic E-state index is 0.136. The second-order valence-electron chi connectivity index (χ2n) is 5.12. The second-order valence-corrected chi connectivity index (χ2v) is 6.95. The molecule has 2 rings (SSSR count). The molecule has 0 saturated heterocycles. The van der Waals surface area contributed by atoms with Gasteiger partial charge in [-0.25, -0.2) is 13.1 Å². The molecule has 0 atom stereocenters. The van der Waals surface area contributed by atoms with Crippen LogP contribution in [0.15, 0.2) is 30.5 Å². The molecule has 120 valence electrons. The predicted molar refractivity (Wildman–Crippen MR) is 87.4 cm³/mol. The molecule has 22 heavy (non-hydrogen) atoms. The number of aryl methyl sites for hydroxylation is 1. The third-order valence-corrected chi connectivity index (χ3v) is 4.11. The number of benzene rings is 1. The van der Waals surface area contributed by atoms with Gasteiger partial charge < -0.3 is 9.88 Å². The van der Waals surface area contributed by atoms with Crippen molar-refractivity contribution in [3.63, 3.8) is 0 Å². The number of carbonyl (C=O) groups excluding carboxylic acids is 1. The van der Waals surface area contributed by atoms with Gasteiger partial charge in [0, 0.05) is 36.7 Å². The number of nitrogens with zero attached hydrogens (tertiary/aromatic N) is 1. The number of aromatic nitrogens is 1. The van der Waals surface area contributed by atoms with Crippen molar-refractivity contribution < 1.29 is 13.2 Å². The van der Waals surface area contributed by atoms with Gasteiger partial charge >= 0.3 is 0 Å². The van der Waals surface area contributed by atoms with Gasteiger partial charge in [0.25, 0.3) is 5.91 Å². The summed E-state index contributed by atoms with van der Waals surface area (Å²) < 4.78 is 26.3. The van der Waals surface area contributed by atoms with Crippen molar-refractivity contribution in [3.05, 3.63) is 36.0 Å². The SMILES string of the molecule is CCn1cc(C(=O)NCCCNS(C)(=O)=O)c2ccccc21. The first kappa shape index (κ1) is 16.5. The van der Waals surface area contributed by atoms with Crippen LogP contribution in [0.25, 0.3) is 10.9 Å². The van der Waals surface area contributed by atoms with Crippen LogP contribution in [-0.4, -0.2) is 38.2 Å². The molecule has 1 aromatic carbocycles. The molecular formula is C15H21N3O3S. The molecule has 0 spiro atoms. The first-order valence-corrected chi connectivity index (χ1v) is 9.12. The van der Waals surface area contributed by atoms with Crippen molar-refractivity contribution in [1.29, 1.82) is 0 Å². The van der Waals surface area contributed by atoms with Crippen LogP contribution in [0.4, 0.5) is 0 Å². The second kappa shape index (κ2) is 6.93. The number of para-hydroxylation sites is 1. The predicted octanol–water partition coefficient (Wildman–Crippen LogP) is 1.33. The fourth-order valence-corrected chi connectivity index (χ4v) is 2.85. The van der Waals surface area contributed by atoms with E-state index in [1.807, 2.05) is 42.0 Å². The number of hydrogen-bond donors (Lipinski definition) is 2. The molecule has 0 saturated carbocycles. The van der Waals surface area contributed by atoms with Crippen molar-refractivity contribution in [2.75, 3.05) is 19.3 Å². The van der Waals surface area contributed by atoms with E-state index in [-0.39, 0.29) is 5.91 Å². The Morgan fingerprint density at radius 3 is 2.64 bits per heavy atom. The summed E-state index contributed by atoms with van der Waals surface area (Å²) in [7, 11) is -3.17. The van der Waals surface area contributed by atoms with E-state index in [9.17, 15) is 13.2 Å². The molecule has 0 aliphatic heterocycles. The van der Waals surface area contributed by atoms with Gasteiger partial charge in [-0.3, -0.25) is 4.79 Å². The molecule has 0 aliphatic carbocycles. The summed E-state index contributed by atoms with van der Waals surface area (Å²) in [5.41, 5.74) is 1.68. The fraction of sp³-hybridized carbons (Fsp3) is 0.400. The lowest BCUT2D eigenvalue weighted by molar-refractivity contribution is 0.0955. The molecule has 0 fully saturated rings. The minimum Gasteiger partial charge on any atom is -0.352 e. The van der Waals surface area contributed by atoms with Crippen LogP contribution in [0.2, 0.25) is 0 Å². The lowest BCUT2D eigenvalue weighted by Crippen LogP contribution is -2.29. The zero-order chi connectivity index (χ0) is 16.2. The molecule has 0 radical (unpaired) electrons. The van der Waals surface area contributed by atoms with E-state index in [1.54, 1.807) is 0 Å². The topological polar surface area (TPSA) is 80.2 Å². The third-order valence-electron chi connectivity index (χ3n) is 3.38. The van der Waals surface area contributed by atoms with E-state index in [1.165, 1.54) is 0 Å². The summed E-state index contributed by atoms with van der Waals surface area (Å²) in [4.78, 5) is 12.3. The average molecular weight is 323 g/mol. The summed E-state index contributed by atoms with van der Waals surface area (Å²) in [6.07, 6.45) is 3.52. The van der Waals surface area contributed by atoms with Crippen LogP contribution in [0.5, 0.6) is 0 Å². The van der Waals surface area contributed by atoms with Crippen LogP contribution in [0.3, 0.4) is 0 Å². The van der Waals surface area contributed by atoms with Crippen molar-refractivity contribution in [1.82, 2.24) is 14.6 Å². The quantitative estimate of drug-likeness (QED) is 0.754. The number of sulfonamides is 1. The maximum Gasteiger partial charge on any atom is 0.253 e. The first-order valence-electron chi connectivity index (χ1n) is 7.23. The molecule has 0 bridgehead atoms. The monoisotopic (exact) mass is 323 g/mol. The number of amides is 1. The van der Waals surface area contributed by atoms with E-state index in [4.69, 9.17) is 0 Å². The van der Waals surface area contributed by atoms with Gasteiger partial charge in [-0.2, -0.15) is 0 Å². The molecular weight excluding hydrogens is 302 g/mol.